The number of aromatic nitrogens is 1. The van der Waals surface area contributed by atoms with Gasteiger partial charge in [-0.15, -0.1) is 0 Å². The summed E-state index contributed by atoms with van der Waals surface area (Å²) in [5, 5.41) is 3.90. The molecule has 1 saturated heterocycles. The van der Waals surface area contributed by atoms with Crippen molar-refractivity contribution in [2.24, 2.45) is 0 Å². The van der Waals surface area contributed by atoms with Gasteiger partial charge in [0, 0.05) is 11.6 Å². The topological polar surface area (TPSA) is 62.3 Å². The molecule has 3 rings (SSSR count). The van der Waals surface area contributed by atoms with Crippen molar-refractivity contribution in [1.82, 2.24) is 15.2 Å². The van der Waals surface area contributed by atoms with Crippen molar-refractivity contribution in [2.75, 3.05) is 0 Å². The Morgan fingerprint density at radius 3 is 2.72 bits per heavy atom. The van der Waals surface area contributed by atoms with Crippen molar-refractivity contribution in [3.8, 4) is 0 Å². The molecule has 1 fully saturated rings. The Morgan fingerprint density at radius 1 is 1.12 bits per heavy atom. The highest BCUT2D eigenvalue weighted by Crippen LogP contribution is 2.27. The highest BCUT2D eigenvalue weighted by atomic mass is 16.2. The van der Waals surface area contributed by atoms with E-state index in [4.69, 9.17) is 0 Å². The first kappa shape index (κ1) is 17.4. The minimum absolute atomic E-state index is 0.137. The van der Waals surface area contributed by atoms with Gasteiger partial charge in [-0.05, 0) is 25.0 Å². The van der Waals surface area contributed by atoms with Crippen LogP contribution in [0.25, 0.3) is 10.9 Å². The van der Waals surface area contributed by atoms with E-state index < -0.39 is 5.54 Å². The summed E-state index contributed by atoms with van der Waals surface area (Å²) in [7, 11) is 0. The Labute approximate surface area is 148 Å². The average molecular weight is 339 g/mol. The number of nitrogens with zero attached hydrogens (tertiary/aromatic N) is 2. The maximum Gasteiger partial charge on any atom is 0.325 e. The number of benzene rings is 1. The van der Waals surface area contributed by atoms with Gasteiger partial charge < -0.3 is 5.32 Å². The lowest BCUT2D eigenvalue weighted by molar-refractivity contribution is -0.131. The highest BCUT2D eigenvalue weighted by Gasteiger charge is 2.47. The molecule has 1 atom stereocenters. The number of imide groups is 1. The van der Waals surface area contributed by atoms with Crippen molar-refractivity contribution in [3.63, 3.8) is 0 Å². The molecule has 5 heteroatoms. The second-order valence-electron chi connectivity index (χ2n) is 6.96. The predicted octanol–water partition coefficient (Wildman–Crippen LogP) is 4.02. The molecular weight excluding hydrogens is 314 g/mol. The second kappa shape index (κ2) is 7.21. The average Bonchev–Trinajstić information content (AvgIpc) is 2.82. The standard InChI is InChI=1S/C20H25N3O2/c1-3-4-5-6-12-20(2)18(24)23(19(25)22-20)14-16-10-7-9-15-11-8-13-21-17(15)16/h7-11,13H,3-6,12,14H2,1-2H3,(H,22,25). The first-order chi connectivity index (χ1) is 12.0. The molecule has 0 spiro atoms. The minimum Gasteiger partial charge on any atom is -0.323 e. The molecule has 1 aliphatic rings. The van der Waals surface area contributed by atoms with E-state index in [9.17, 15) is 9.59 Å². The van der Waals surface area contributed by atoms with Crippen LogP contribution in [0, 0.1) is 0 Å². The van der Waals surface area contributed by atoms with Crippen molar-refractivity contribution in [2.45, 2.75) is 58.0 Å². The van der Waals surface area contributed by atoms with Crippen LogP contribution in [0.2, 0.25) is 0 Å². The molecule has 0 bridgehead atoms. The number of carbonyl (C=O) groups is 2. The summed E-state index contributed by atoms with van der Waals surface area (Å²) in [5.74, 6) is -0.137. The van der Waals surface area contributed by atoms with Gasteiger partial charge in [0.2, 0.25) is 0 Å². The van der Waals surface area contributed by atoms with E-state index in [0.717, 1.165) is 42.1 Å². The Morgan fingerprint density at radius 2 is 1.92 bits per heavy atom. The van der Waals surface area contributed by atoms with Crippen LogP contribution in [-0.4, -0.2) is 27.4 Å². The maximum absolute atomic E-state index is 12.9. The number of unbranched alkanes of at least 4 members (excludes halogenated alkanes) is 3. The van der Waals surface area contributed by atoms with Gasteiger partial charge in [-0.3, -0.25) is 14.7 Å². The lowest BCUT2D eigenvalue weighted by Gasteiger charge is -2.21. The van der Waals surface area contributed by atoms with E-state index >= 15 is 0 Å². The summed E-state index contributed by atoms with van der Waals surface area (Å²) in [6.45, 7) is 4.24. The summed E-state index contributed by atoms with van der Waals surface area (Å²) in [6, 6.07) is 9.39. The Kier molecular flexibility index (Phi) is 5.02. The minimum atomic E-state index is -0.789. The molecule has 1 aromatic carbocycles. The SMILES string of the molecule is CCCCCCC1(C)NC(=O)N(Cc2cccc3cccnc23)C1=O. The van der Waals surface area contributed by atoms with Crippen LogP contribution < -0.4 is 5.32 Å². The van der Waals surface area contributed by atoms with E-state index in [-0.39, 0.29) is 18.5 Å². The van der Waals surface area contributed by atoms with Crippen LogP contribution in [0.4, 0.5) is 4.79 Å². The smallest absolute Gasteiger partial charge is 0.323 e. The van der Waals surface area contributed by atoms with Crippen LogP contribution in [0.1, 0.15) is 51.5 Å². The molecule has 25 heavy (non-hydrogen) atoms. The number of hydrogen-bond donors (Lipinski definition) is 1. The number of urea groups is 1. The summed E-state index contributed by atoms with van der Waals surface area (Å²) >= 11 is 0. The molecule has 0 radical (unpaired) electrons. The zero-order valence-electron chi connectivity index (χ0n) is 14.9. The fourth-order valence-electron chi connectivity index (χ4n) is 3.43. The van der Waals surface area contributed by atoms with Crippen molar-refractivity contribution in [3.05, 3.63) is 42.1 Å². The van der Waals surface area contributed by atoms with Crippen molar-refractivity contribution < 1.29 is 9.59 Å². The number of nitrogens with one attached hydrogen (secondary N) is 1. The third kappa shape index (κ3) is 3.50. The van der Waals surface area contributed by atoms with Gasteiger partial charge in [-0.1, -0.05) is 56.9 Å². The molecule has 1 aromatic heterocycles. The molecule has 2 aromatic rings. The third-order valence-corrected chi connectivity index (χ3v) is 4.92. The first-order valence-electron chi connectivity index (χ1n) is 9.02. The van der Waals surface area contributed by atoms with Gasteiger partial charge in [-0.2, -0.15) is 0 Å². The van der Waals surface area contributed by atoms with Gasteiger partial charge in [0.1, 0.15) is 5.54 Å². The van der Waals surface area contributed by atoms with Gasteiger partial charge in [0.15, 0.2) is 0 Å². The predicted molar refractivity (Wildman–Crippen MR) is 98.0 cm³/mol. The molecular formula is C20H25N3O2. The van der Waals surface area contributed by atoms with Crippen molar-refractivity contribution >= 4 is 22.8 Å². The third-order valence-electron chi connectivity index (χ3n) is 4.92. The fourth-order valence-corrected chi connectivity index (χ4v) is 3.43. The quantitative estimate of drug-likeness (QED) is 0.612. The molecule has 1 N–H and O–H groups in total. The molecule has 3 amide bonds. The maximum atomic E-state index is 12.9. The highest BCUT2D eigenvalue weighted by molar-refractivity contribution is 6.06. The summed E-state index contributed by atoms with van der Waals surface area (Å²) in [4.78, 5) is 31.0. The molecule has 1 aliphatic heterocycles. The number of rotatable bonds is 7. The first-order valence-corrected chi connectivity index (χ1v) is 9.02. The van der Waals surface area contributed by atoms with Gasteiger partial charge in [0.25, 0.3) is 5.91 Å². The number of pyridine rings is 1. The molecule has 1 unspecified atom stereocenters. The van der Waals surface area contributed by atoms with E-state index in [1.54, 1.807) is 6.20 Å². The Balaban J connectivity index is 1.76. The zero-order chi connectivity index (χ0) is 17.9. The molecule has 132 valence electrons. The van der Waals surface area contributed by atoms with Crippen LogP contribution in [0.5, 0.6) is 0 Å². The fraction of sp³-hybridized carbons (Fsp3) is 0.450. The van der Waals surface area contributed by atoms with E-state index in [2.05, 4.69) is 17.2 Å². The van der Waals surface area contributed by atoms with Gasteiger partial charge in [0.05, 0.1) is 12.1 Å². The number of para-hydroxylation sites is 1. The van der Waals surface area contributed by atoms with E-state index in [1.165, 1.54) is 4.90 Å². The second-order valence-corrected chi connectivity index (χ2v) is 6.96. The van der Waals surface area contributed by atoms with Crippen LogP contribution in [0.3, 0.4) is 0 Å². The molecule has 2 heterocycles. The number of hydrogen-bond acceptors (Lipinski definition) is 3. The number of carbonyl (C=O) groups excluding carboxylic acids is 2. The number of amides is 3. The summed E-state index contributed by atoms with van der Waals surface area (Å²) in [6.07, 6.45) is 6.75. The molecule has 0 saturated carbocycles. The monoisotopic (exact) mass is 339 g/mol. The van der Waals surface area contributed by atoms with E-state index in [1.807, 2.05) is 37.3 Å². The normalized spacial score (nSPS) is 20.3. The van der Waals surface area contributed by atoms with Crippen LogP contribution >= 0.6 is 0 Å². The summed E-state index contributed by atoms with van der Waals surface area (Å²) in [5.41, 5.74) is 0.932. The van der Waals surface area contributed by atoms with Crippen LogP contribution in [-0.2, 0) is 11.3 Å². The van der Waals surface area contributed by atoms with Gasteiger partial charge in [-0.25, -0.2) is 4.79 Å². The van der Waals surface area contributed by atoms with Crippen molar-refractivity contribution in [1.29, 1.82) is 0 Å². The Hall–Kier alpha value is -2.43. The largest absolute Gasteiger partial charge is 0.325 e. The zero-order valence-corrected chi connectivity index (χ0v) is 14.9. The number of fused-ring (bicyclic) bond motifs is 1. The lowest BCUT2D eigenvalue weighted by Crippen LogP contribution is -2.43. The lowest BCUT2D eigenvalue weighted by atomic mass is 9.94. The Bertz CT molecular complexity index is 784. The van der Waals surface area contributed by atoms with Crippen LogP contribution in [0.15, 0.2) is 36.5 Å². The molecule has 5 nitrogen and oxygen atoms in total. The summed E-state index contributed by atoms with van der Waals surface area (Å²) < 4.78 is 0. The molecule has 0 aliphatic carbocycles. The van der Waals surface area contributed by atoms with Gasteiger partial charge >= 0.3 is 6.03 Å². The van der Waals surface area contributed by atoms with E-state index in [0.29, 0.717) is 6.42 Å².